The van der Waals surface area contributed by atoms with Gasteiger partial charge >= 0.3 is 5.97 Å². The first-order valence-electron chi connectivity index (χ1n) is 7.94. The van der Waals surface area contributed by atoms with Crippen LogP contribution in [0.25, 0.3) is 11.3 Å². The highest BCUT2D eigenvalue weighted by Gasteiger charge is 2.16. The maximum absolute atomic E-state index is 11.9. The Morgan fingerprint density at radius 3 is 2.58 bits per heavy atom. The van der Waals surface area contributed by atoms with E-state index in [0.717, 1.165) is 16.1 Å². The highest BCUT2D eigenvalue weighted by atomic mass is 32.1. The minimum atomic E-state index is -0.214. The van der Waals surface area contributed by atoms with E-state index in [1.165, 1.54) is 18.4 Å². The molecule has 0 fully saturated rings. The zero-order chi connectivity index (χ0) is 17.5. The quantitative estimate of drug-likeness (QED) is 0.772. The van der Waals surface area contributed by atoms with Crippen LogP contribution in [0.2, 0.25) is 0 Å². The van der Waals surface area contributed by atoms with Gasteiger partial charge in [-0.25, -0.2) is 4.98 Å². The number of carbonyl (C=O) groups excluding carboxylic acids is 2. The number of ether oxygens (including phenoxy) is 1. The summed E-state index contributed by atoms with van der Waals surface area (Å²) in [5, 5.41) is 3.46. The third-order valence-electron chi connectivity index (χ3n) is 3.51. The van der Waals surface area contributed by atoms with Gasteiger partial charge in [-0.1, -0.05) is 44.2 Å². The van der Waals surface area contributed by atoms with Gasteiger partial charge in [0.1, 0.15) is 0 Å². The van der Waals surface area contributed by atoms with Crippen LogP contribution in [0.5, 0.6) is 0 Å². The molecule has 0 radical (unpaired) electrons. The molecule has 1 aromatic heterocycles. The second-order valence-corrected chi connectivity index (χ2v) is 6.81. The summed E-state index contributed by atoms with van der Waals surface area (Å²) in [4.78, 5) is 28.8. The molecule has 6 heteroatoms. The molecule has 1 N–H and O–H groups in total. The van der Waals surface area contributed by atoms with Crippen molar-refractivity contribution in [2.45, 2.75) is 33.1 Å². The predicted molar refractivity (Wildman–Crippen MR) is 96.0 cm³/mol. The van der Waals surface area contributed by atoms with Gasteiger partial charge in [0.05, 0.1) is 12.8 Å². The number of nitrogens with one attached hydrogen (secondary N) is 1. The molecule has 1 aromatic carbocycles. The van der Waals surface area contributed by atoms with E-state index in [1.54, 1.807) is 0 Å². The van der Waals surface area contributed by atoms with Gasteiger partial charge in [0, 0.05) is 22.8 Å². The summed E-state index contributed by atoms with van der Waals surface area (Å²) in [5.74, 6) is -0.365. The smallest absolute Gasteiger partial charge is 0.305 e. The van der Waals surface area contributed by atoms with Gasteiger partial charge < -0.3 is 10.1 Å². The molecule has 0 atom stereocenters. The summed E-state index contributed by atoms with van der Waals surface area (Å²) in [6, 6.07) is 9.85. The van der Waals surface area contributed by atoms with E-state index in [9.17, 15) is 9.59 Å². The molecule has 0 aliphatic heterocycles. The lowest BCUT2D eigenvalue weighted by Gasteiger charge is -2.03. The Hall–Kier alpha value is -2.21. The number of anilines is 1. The van der Waals surface area contributed by atoms with E-state index in [0.29, 0.717) is 24.4 Å². The van der Waals surface area contributed by atoms with Gasteiger partial charge in [0.2, 0.25) is 5.91 Å². The van der Waals surface area contributed by atoms with Crippen LogP contribution in [0.15, 0.2) is 30.3 Å². The molecule has 0 saturated heterocycles. The fourth-order valence-corrected chi connectivity index (χ4v) is 3.17. The van der Waals surface area contributed by atoms with Gasteiger partial charge in [0.15, 0.2) is 5.13 Å². The molecule has 0 unspecified atom stereocenters. The SMILES string of the molecule is COC(=O)CCCc1sc(NC(=O)C(C)C)nc1-c1ccccc1. The summed E-state index contributed by atoms with van der Waals surface area (Å²) < 4.78 is 4.68. The fourth-order valence-electron chi connectivity index (χ4n) is 2.14. The first kappa shape index (κ1) is 18.1. The number of aryl methyl sites for hydroxylation is 1. The number of hydrogen-bond donors (Lipinski definition) is 1. The molecule has 128 valence electrons. The van der Waals surface area contributed by atoms with Crippen LogP contribution in [-0.2, 0) is 20.7 Å². The van der Waals surface area contributed by atoms with Crippen LogP contribution < -0.4 is 5.32 Å². The summed E-state index contributed by atoms with van der Waals surface area (Å²) in [5.41, 5.74) is 1.87. The molecule has 1 heterocycles. The number of rotatable bonds is 7. The Labute approximate surface area is 146 Å². The molecule has 2 aromatic rings. The minimum absolute atomic E-state index is 0.0514. The van der Waals surface area contributed by atoms with E-state index in [2.05, 4.69) is 15.0 Å². The van der Waals surface area contributed by atoms with Crippen molar-refractivity contribution in [1.82, 2.24) is 4.98 Å². The first-order chi connectivity index (χ1) is 11.5. The number of hydrogen-bond acceptors (Lipinski definition) is 5. The van der Waals surface area contributed by atoms with Crippen molar-refractivity contribution in [1.29, 1.82) is 0 Å². The Bertz CT molecular complexity index is 696. The van der Waals surface area contributed by atoms with Crippen molar-refractivity contribution < 1.29 is 14.3 Å². The van der Waals surface area contributed by atoms with Crippen LogP contribution in [0.3, 0.4) is 0 Å². The molecule has 0 spiro atoms. The first-order valence-corrected chi connectivity index (χ1v) is 8.75. The summed E-state index contributed by atoms with van der Waals surface area (Å²) in [6.45, 7) is 3.69. The largest absolute Gasteiger partial charge is 0.469 e. The molecule has 0 aliphatic carbocycles. The molecule has 2 rings (SSSR count). The lowest BCUT2D eigenvalue weighted by Crippen LogP contribution is -2.17. The molecule has 24 heavy (non-hydrogen) atoms. The third kappa shape index (κ3) is 4.89. The zero-order valence-electron chi connectivity index (χ0n) is 14.2. The van der Waals surface area contributed by atoms with Crippen LogP contribution in [-0.4, -0.2) is 24.0 Å². The third-order valence-corrected chi connectivity index (χ3v) is 4.54. The average molecular weight is 346 g/mol. The lowest BCUT2D eigenvalue weighted by molar-refractivity contribution is -0.140. The van der Waals surface area contributed by atoms with Gasteiger partial charge in [-0.2, -0.15) is 0 Å². The van der Waals surface area contributed by atoms with Crippen LogP contribution >= 0.6 is 11.3 Å². The van der Waals surface area contributed by atoms with E-state index in [4.69, 9.17) is 0 Å². The summed E-state index contributed by atoms with van der Waals surface area (Å²) >= 11 is 1.46. The monoisotopic (exact) mass is 346 g/mol. The van der Waals surface area contributed by atoms with Crippen molar-refractivity contribution in [3.05, 3.63) is 35.2 Å². The molecular weight excluding hydrogens is 324 g/mol. The predicted octanol–water partition coefficient (Wildman–Crippen LogP) is 3.90. The van der Waals surface area contributed by atoms with Crippen LogP contribution in [0, 0.1) is 5.92 Å². The van der Waals surface area contributed by atoms with E-state index >= 15 is 0 Å². The molecule has 5 nitrogen and oxygen atoms in total. The Balaban J connectivity index is 2.20. The highest BCUT2D eigenvalue weighted by molar-refractivity contribution is 7.16. The number of carbonyl (C=O) groups is 2. The number of esters is 1. The molecule has 0 bridgehead atoms. The Kier molecular flexibility index (Phi) is 6.49. The van der Waals surface area contributed by atoms with Crippen LogP contribution in [0.4, 0.5) is 5.13 Å². The zero-order valence-corrected chi connectivity index (χ0v) is 15.0. The topological polar surface area (TPSA) is 68.3 Å². The van der Waals surface area contributed by atoms with Gasteiger partial charge in [0.25, 0.3) is 0 Å². The number of benzene rings is 1. The summed E-state index contributed by atoms with van der Waals surface area (Å²) in [7, 11) is 1.39. The van der Waals surface area contributed by atoms with Gasteiger partial charge in [-0.3, -0.25) is 9.59 Å². The Morgan fingerprint density at radius 2 is 1.96 bits per heavy atom. The maximum Gasteiger partial charge on any atom is 0.305 e. The van der Waals surface area contributed by atoms with Crippen molar-refractivity contribution >= 4 is 28.3 Å². The lowest BCUT2D eigenvalue weighted by atomic mass is 10.1. The normalized spacial score (nSPS) is 10.7. The van der Waals surface area contributed by atoms with Crippen molar-refractivity contribution in [3.8, 4) is 11.3 Å². The standard InChI is InChI=1S/C18H22N2O3S/c1-12(2)17(22)20-18-19-16(13-8-5-4-6-9-13)14(24-18)10-7-11-15(21)23-3/h4-6,8-9,12H,7,10-11H2,1-3H3,(H,19,20,22). The summed E-state index contributed by atoms with van der Waals surface area (Å²) in [6.07, 6.45) is 1.77. The van der Waals surface area contributed by atoms with Crippen LogP contribution in [0.1, 0.15) is 31.6 Å². The molecule has 0 saturated carbocycles. The average Bonchev–Trinajstić information content (AvgIpc) is 2.98. The van der Waals surface area contributed by atoms with Gasteiger partial charge in [-0.15, -0.1) is 11.3 Å². The van der Waals surface area contributed by atoms with E-state index < -0.39 is 0 Å². The highest BCUT2D eigenvalue weighted by Crippen LogP contribution is 2.32. The molecule has 1 amide bonds. The van der Waals surface area contributed by atoms with Crippen molar-refractivity contribution in [2.75, 3.05) is 12.4 Å². The number of nitrogens with zero attached hydrogens (tertiary/aromatic N) is 1. The molecular formula is C18H22N2O3S. The maximum atomic E-state index is 11.9. The number of amides is 1. The number of thiazole rings is 1. The van der Waals surface area contributed by atoms with Crippen molar-refractivity contribution in [2.24, 2.45) is 5.92 Å². The number of methoxy groups -OCH3 is 1. The second-order valence-electron chi connectivity index (χ2n) is 5.73. The van der Waals surface area contributed by atoms with Gasteiger partial charge in [-0.05, 0) is 12.8 Å². The van der Waals surface area contributed by atoms with E-state index in [1.807, 2.05) is 44.2 Å². The molecule has 0 aliphatic rings. The van der Waals surface area contributed by atoms with E-state index in [-0.39, 0.29) is 17.8 Å². The minimum Gasteiger partial charge on any atom is -0.469 e. The Morgan fingerprint density at radius 1 is 1.25 bits per heavy atom. The second kappa shape index (κ2) is 8.59. The fraction of sp³-hybridized carbons (Fsp3) is 0.389. The van der Waals surface area contributed by atoms with Crippen molar-refractivity contribution in [3.63, 3.8) is 0 Å². The number of aromatic nitrogens is 1.